The number of alkyl halides is 3. The minimum Gasteiger partial charge on any atom is -0.460 e. The molecule has 2 amide bonds. The van der Waals surface area contributed by atoms with E-state index in [-0.39, 0.29) is 43.5 Å². The summed E-state index contributed by atoms with van der Waals surface area (Å²) in [6, 6.07) is 11.9. The second-order valence-electron chi connectivity index (χ2n) is 16.9. The number of esters is 3. The van der Waals surface area contributed by atoms with Gasteiger partial charge < -0.3 is 39.4 Å². The number of aliphatic hydroxyl groups is 1. The van der Waals surface area contributed by atoms with Crippen molar-refractivity contribution < 1.29 is 65.9 Å². The fraction of sp³-hybridized carbons (Fsp3) is 0.553. The van der Waals surface area contributed by atoms with Gasteiger partial charge >= 0.3 is 24.1 Å². The zero-order chi connectivity index (χ0) is 46.2. The van der Waals surface area contributed by atoms with Gasteiger partial charge in [-0.05, 0) is 87.6 Å². The number of unbranched alkanes of at least 4 members (excludes halogenated alkanes) is 4. The SMILES string of the molecule is CCCCCC1(CCCCC)OC2C=C(C(=O)NCc3cccc(C(=O)NC(CO)CCC(=O)OC(C)(C)C)c3)CC(OC(=O)c3cccc(C=CC(=O)OCC(F)(F)F)c3)C2O1. The lowest BCUT2D eigenvalue weighted by Crippen LogP contribution is -2.43. The molecule has 0 radical (unpaired) electrons. The summed E-state index contributed by atoms with van der Waals surface area (Å²) in [5, 5.41) is 15.5. The van der Waals surface area contributed by atoms with Gasteiger partial charge in [-0.3, -0.25) is 14.4 Å². The van der Waals surface area contributed by atoms with Gasteiger partial charge in [-0.15, -0.1) is 0 Å². The van der Waals surface area contributed by atoms with E-state index in [0.717, 1.165) is 44.6 Å². The van der Waals surface area contributed by atoms with Crippen molar-refractivity contribution in [1.82, 2.24) is 10.6 Å². The van der Waals surface area contributed by atoms with Crippen molar-refractivity contribution in [3.05, 3.63) is 88.5 Å². The zero-order valence-electron chi connectivity index (χ0n) is 36.7. The maximum Gasteiger partial charge on any atom is 0.422 e. The number of rotatable bonds is 22. The molecule has 1 saturated heterocycles. The van der Waals surface area contributed by atoms with E-state index in [2.05, 4.69) is 29.2 Å². The average Bonchev–Trinajstić information content (AvgIpc) is 3.60. The predicted molar refractivity (Wildman–Crippen MR) is 227 cm³/mol. The van der Waals surface area contributed by atoms with Crippen LogP contribution in [0.3, 0.4) is 0 Å². The lowest BCUT2D eigenvalue weighted by molar-refractivity contribution is -0.190. The summed E-state index contributed by atoms with van der Waals surface area (Å²) in [6.45, 7) is 7.38. The largest absolute Gasteiger partial charge is 0.460 e. The molecule has 2 aromatic rings. The van der Waals surface area contributed by atoms with E-state index in [1.807, 2.05) is 0 Å². The van der Waals surface area contributed by atoms with Crippen LogP contribution in [0.15, 0.2) is 66.3 Å². The molecule has 4 atom stereocenters. The van der Waals surface area contributed by atoms with Crippen molar-refractivity contribution in [1.29, 1.82) is 0 Å². The third kappa shape index (κ3) is 16.9. The average molecular weight is 887 g/mol. The molecule has 13 nitrogen and oxygen atoms in total. The van der Waals surface area contributed by atoms with Gasteiger partial charge in [-0.25, -0.2) is 9.59 Å². The Labute approximate surface area is 367 Å². The highest BCUT2D eigenvalue weighted by Gasteiger charge is 2.52. The molecule has 1 aliphatic carbocycles. The molecule has 0 bridgehead atoms. The highest BCUT2D eigenvalue weighted by molar-refractivity contribution is 5.95. The smallest absolute Gasteiger partial charge is 0.422 e. The summed E-state index contributed by atoms with van der Waals surface area (Å²) in [6.07, 6.45) is 3.64. The van der Waals surface area contributed by atoms with Crippen molar-refractivity contribution in [2.24, 2.45) is 0 Å². The number of fused-ring (bicyclic) bond motifs is 1. The highest BCUT2D eigenvalue weighted by Crippen LogP contribution is 2.43. The Balaban J connectivity index is 1.49. The summed E-state index contributed by atoms with van der Waals surface area (Å²) >= 11 is 0. The highest BCUT2D eigenvalue weighted by atomic mass is 19.4. The first kappa shape index (κ1) is 50.6. The van der Waals surface area contributed by atoms with Crippen molar-refractivity contribution in [2.75, 3.05) is 13.2 Å². The number of benzene rings is 2. The van der Waals surface area contributed by atoms with Gasteiger partial charge in [0.15, 0.2) is 12.4 Å². The van der Waals surface area contributed by atoms with E-state index in [4.69, 9.17) is 18.9 Å². The maximum absolute atomic E-state index is 13.9. The van der Waals surface area contributed by atoms with Crippen LogP contribution in [0.2, 0.25) is 0 Å². The third-order valence-electron chi connectivity index (χ3n) is 10.3. The minimum atomic E-state index is -4.68. The van der Waals surface area contributed by atoms with Crippen LogP contribution in [-0.2, 0) is 44.6 Å². The van der Waals surface area contributed by atoms with E-state index in [1.165, 1.54) is 24.3 Å². The van der Waals surface area contributed by atoms with Crippen LogP contribution in [-0.4, -0.2) is 90.0 Å². The first-order chi connectivity index (χ1) is 29.8. The summed E-state index contributed by atoms with van der Waals surface area (Å²) in [7, 11) is 0. The van der Waals surface area contributed by atoms with Crippen LogP contribution in [0, 0.1) is 0 Å². The van der Waals surface area contributed by atoms with Gasteiger partial charge in [-0.1, -0.05) is 63.8 Å². The molecule has 2 aliphatic rings. The first-order valence-electron chi connectivity index (χ1n) is 21.6. The minimum absolute atomic E-state index is 0.00565. The normalized spacial score (nSPS) is 18.8. The number of aliphatic hydroxyl groups excluding tert-OH is 1. The topological polar surface area (TPSA) is 176 Å². The molecule has 63 heavy (non-hydrogen) atoms. The molecular weight excluding hydrogens is 826 g/mol. The number of hydrogen-bond acceptors (Lipinski definition) is 11. The van der Waals surface area contributed by atoms with Gasteiger partial charge in [0.05, 0.1) is 18.2 Å². The molecule has 1 aliphatic heterocycles. The number of nitrogens with one attached hydrogen (secondary N) is 2. The number of carbonyl (C=O) groups is 5. The number of carbonyl (C=O) groups excluding carboxylic acids is 5. The van der Waals surface area contributed by atoms with Crippen molar-refractivity contribution in [3.8, 4) is 0 Å². The molecule has 4 rings (SSSR count). The summed E-state index contributed by atoms with van der Waals surface area (Å²) in [5.41, 5.74) is 0.947. The summed E-state index contributed by atoms with van der Waals surface area (Å²) in [5.74, 6) is -4.28. The fourth-order valence-electron chi connectivity index (χ4n) is 7.22. The van der Waals surface area contributed by atoms with Crippen LogP contribution >= 0.6 is 0 Å². The van der Waals surface area contributed by atoms with Crippen LogP contribution in [0.4, 0.5) is 13.2 Å². The lowest BCUT2D eigenvalue weighted by Gasteiger charge is -2.31. The lowest BCUT2D eigenvalue weighted by atomic mass is 9.91. The van der Waals surface area contributed by atoms with E-state index >= 15 is 0 Å². The number of hydrogen-bond donors (Lipinski definition) is 3. The standard InChI is InChI=1S/C47H61F3N2O11/c1-6-8-10-22-46(23-11-9-7-2)61-38-27-35(26-37(41(38)63-46)60-44(58)34-17-12-14-31(24-34)18-20-39(54)59-30-47(48,49)50)42(56)51-28-32-15-13-16-33(25-32)43(57)52-36(29-53)19-21-40(55)62-45(3,4)5/h12-18,20,24-25,27,36-38,41,53H,6-11,19,21-23,26,28-30H2,1-5H3,(H,51,56)(H,52,57). The third-order valence-corrected chi connectivity index (χ3v) is 10.3. The molecule has 1 heterocycles. The second-order valence-corrected chi connectivity index (χ2v) is 16.9. The monoisotopic (exact) mass is 886 g/mol. The van der Waals surface area contributed by atoms with Crippen LogP contribution in [0.1, 0.15) is 137 Å². The molecule has 2 aromatic carbocycles. The summed E-state index contributed by atoms with van der Waals surface area (Å²) < 4.78 is 66.4. The maximum atomic E-state index is 13.9. The van der Waals surface area contributed by atoms with Gasteiger partial charge in [0.25, 0.3) is 5.91 Å². The van der Waals surface area contributed by atoms with Crippen LogP contribution < -0.4 is 10.6 Å². The number of ether oxygens (including phenoxy) is 5. The molecule has 16 heteroatoms. The second kappa shape index (κ2) is 23.6. The Bertz CT molecular complexity index is 1930. The molecule has 0 saturated carbocycles. The summed E-state index contributed by atoms with van der Waals surface area (Å²) in [4.78, 5) is 64.8. The Morgan fingerprint density at radius 2 is 1.60 bits per heavy atom. The van der Waals surface area contributed by atoms with Crippen LogP contribution in [0.5, 0.6) is 0 Å². The molecule has 346 valence electrons. The van der Waals surface area contributed by atoms with Gasteiger partial charge in [0, 0.05) is 49.4 Å². The Kier molecular flexibility index (Phi) is 18.9. The van der Waals surface area contributed by atoms with Gasteiger partial charge in [-0.2, -0.15) is 13.2 Å². The van der Waals surface area contributed by atoms with Crippen molar-refractivity contribution in [2.45, 2.75) is 154 Å². The first-order valence-corrected chi connectivity index (χ1v) is 21.6. The predicted octanol–water partition coefficient (Wildman–Crippen LogP) is 7.83. The van der Waals surface area contributed by atoms with E-state index in [1.54, 1.807) is 57.2 Å². The van der Waals surface area contributed by atoms with Gasteiger partial charge in [0.2, 0.25) is 5.91 Å². The van der Waals surface area contributed by atoms with Gasteiger partial charge in [0.1, 0.15) is 23.9 Å². The zero-order valence-corrected chi connectivity index (χ0v) is 36.7. The quantitative estimate of drug-likeness (QED) is 0.0455. The molecule has 0 spiro atoms. The molecule has 3 N–H and O–H groups in total. The number of halogens is 3. The van der Waals surface area contributed by atoms with E-state index < -0.39 is 78.2 Å². The molecule has 4 unspecified atom stereocenters. The molecule has 1 fully saturated rings. The Morgan fingerprint density at radius 1 is 0.921 bits per heavy atom. The van der Waals surface area contributed by atoms with Crippen molar-refractivity contribution >= 4 is 35.8 Å². The van der Waals surface area contributed by atoms with E-state index in [9.17, 15) is 42.3 Å². The molecule has 0 aromatic heterocycles. The van der Waals surface area contributed by atoms with E-state index in [0.29, 0.717) is 29.5 Å². The Hall–Kier alpha value is -5.06. The van der Waals surface area contributed by atoms with Crippen LogP contribution in [0.25, 0.3) is 6.08 Å². The fourth-order valence-corrected chi connectivity index (χ4v) is 7.22. The van der Waals surface area contributed by atoms with Crippen molar-refractivity contribution in [3.63, 3.8) is 0 Å². The molecular formula is C47H61F3N2O11. The number of amides is 2. The Morgan fingerprint density at radius 3 is 2.25 bits per heavy atom.